The number of nitrogens with one attached hydrogen (secondary N) is 1. The molecule has 0 unspecified atom stereocenters. The molecule has 27 heavy (non-hydrogen) atoms. The first-order valence-corrected chi connectivity index (χ1v) is 8.37. The molecule has 1 heterocycles. The summed E-state index contributed by atoms with van der Waals surface area (Å²) in [6.45, 7) is 0. The van der Waals surface area contributed by atoms with Crippen LogP contribution in [0, 0.1) is 11.6 Å². The molecule has 1 amide bonds. The second-order valence-electron chi connectivity index (χ2n) is 6.11. The van der Waals surface area contributed by atoms with Crippen LogP contribution in [0.4, 0.5) is 20.2 Å². The fourth-order valence-corrected chi connectivity index (χ4v) is 3.25. The van der Waals surface area contributed by atoms with Crippen molar-refractivity contribution >= 4 is 17.3 Å². The van der Waals surface area contributed by atoms with Crippen LogP contribution in [0.1, 0.15) is 22.1 Å². The summed E-state index contributed by atoms with van der Waals surface area (Å²) < 4.78 is 32.7. The molecule has 3 aromatic carbocycles. The molecule has 0 fully saturated rings. The van der Waals surface area contributed by atoms with Crippen LogP contribution >= 0.6 is 0 Å². The molecule has 1 aliphatic rings. The van der Waals surface area contributed by atoms with Gasteiger partial charge in [-0.3, -0.25) is 9.69 Å². The number of anilines is 2. The first-order chi connectivity index (χ1) is 13.1. The maximum Gasteiger partial charge on any atom is 0.262 e. The zero-order valence-corrected chi connectivity index (χ0v) is 14.4. The molecular formula is C21H16F2N2O2. The van der Waals surface area contributed by atoms with Crippen molar-refractivity contribution in [1.82, 2.24) is 0 Å². The Labute approximate surface area is 155 Å². The molecule has 0 radical (unpaired) electrons. The number of benzene rings is 3. The highest BCUT2D eigenvalue weighted by atomic mass is 19.2. The minimum atomic E-state index is -0.972. The van der Waals surface area contributed by atoms with Crippen LogP contribution in [-0.2, 0) is 0 Å². The summed E-state index contributed by atoms with van der Waals surface area (Å²) in [6, 6.07) is 17.8. The second kappa shape index (κ2) is 6.72. The smallest absolute Gasteiger partial charge is 0.262 e. The van der Waals surface area contributed by atoms with Gasteiger partial charge in [0.1, 0.15) is 11.9 Å². The van der Waals surface area contributed by atoms with Crippen LogP contribution in [0.5, 0.6) is 5.75 Å². The topological polar surface area (TPSA) is 41.6 Å². The van der Waals surface area contributed by atoms with Crippen molar-refractivity contribution < 1.29 is 18.3 Å². The van der Waals surface area contributed by atoms with E-state index in [1.807, 2.05) is 0 Å². The molecule has 4 rings (SSSR count). The van der Waals surface area contributed by atoms with Crippen LogP contribution in [0.25, 0.3) is 0 Å². The van der Waals surface area contributed by atoms with E-state index in [2.05, 4.69) is 5.32 Å². The van der Waals surface area contributed by atoms with E-state index in [0.29, 0.717) is 28.3 Å². The van der Waals surface area contributed by atoms with Gasteiger partial charge < -0.3 is 10.1 Å². The highest BCUT2D eigenvalue weighted by Gasteiger charge is 2.35. The maximum atomic E-state index is 13.9. The molecular weight excluding hydrogens is 350 g/mol. The highest BCUT2D eigenvalue weighted by Crippen LogP contribution is 2.40. The van der Waals surface area contributed by atoms with Gasteiger partial charge in [0, 0.05) is 5.69 Å². The van der Waals surface area contributed by atoms with Crippen LogP contribution in [0.2, 0.25) is 0 Å². The normalized spacial score (nSPS) is 15.9. The lowest BCUT2D eigenvalue weighted by Gasteiger charge is -2.38. The summed E-state index contributed by atoms with van der Waals surface area (Å²) in [5.41, 5.74) is 2.06. The number of nitrogens with zero attached hydrogens (tertiary/aromatic N) is 1. The van der Waals surface area contributed by atoms with E-state index in [4.69, 9.17) is 4.74 Å². The number of para-hydroxylation sites is 3. The lowest BCUT2D eigenvalue weighted by atomic mass is 10.0. The van der Waals surface area contributed by atoms with Gasteiger partial charge in [0.05, 0.1) is 18.4 Å². The minimum absolute atomic E-state index is 0.261. The highest BCUT2D eigenvalue weighted by molar-refractivity contribution is 6.12. The van der Waals surface area contributed by atoms with Crippen molar-refractivity contribution in [1.29, 1.82) is 0 Å². The van der Waals surface area contributed by atoms with Gasteiger partial charge in [-0.1, -0.05) is 30.3 Å². The second-order valence-corrected chi connectivity index (χ2v) is 6.11. The Bertz CT molecular complexity index is 1020. The number of hydrogen-bond acceptors (Lipinski definition) is 3. The predicted molar refractivity (Wildman–Crippen MR) is 99.0 cm³/mol. The quantitative estimate of drug-likeness (QED) is 0.728. The number of fused-ring (bicyclic) bond motifs is 1. The zero-order valence-electron chi connectivity index (χ0n) is 14.4. The fraction of sp³-hybridized carbons (Fsp3) is 0.0952. The summed E-state index contributed by atoms with van der Waals surface area (Å²) >= 11 is 0. The van der Waals surface area contributed by atoms with Gasteiger partial charge in [-0.2, -0.15) is 0 Å². The Morgan fingerprint density at radius 1 is 0.963 bits per heavy atom. The summed E-state index contributed by atoms with van der Waals surface area (Å²) in [6.07, 6.45) is -0.723. The summed E-state index contributed by atoms with van der Waals surface area (Å²) in [7, 11) is 1.52. The predicted octanol–water partition coefficient (Wildman–Crippen LogP) is 4.74. The molecule has 4 nitrogen and oxygen atoms in total. The van der Waals surface area contributed by atoms with Crippen molar-refractivity contribution in [3.05, 3.63) is 89.5 Å². The minimum Gasteiger partial charge on any atom is -0.495 e. The molecule has 1 aliphatic heterocycles. The van der Waals surface area contributed by atoms with E-state index in [1.165, 1.54) is 18.1 Å². The average Bonchev–Trinajstić information content (AvgIpc) is 2.70. The Balaban J connectivity index is 1.90. The van der Waals surface area contributed by atoms with Gasteiger partial charge in [-0.15, -0.1) is 0 Å². The number of amides is 1. The largest absolute Gasteiger partial charge is 0.495 e. The lowest BCUT2D eigenvalue weighted by Crippen LogP contribution is -2.43. The van der Waals surface area contributed by atoms with E-state index in [9.17, 15) is 13.6 Å². The van der Waals surface area contributed by atoms with Gasteiger partial charge >= 0.3 is 0 Å². The molecule has 136 valence electrons. The number of carbonyl (C=O) groups is 1. The van der Waals surface area contributed by atoms with Gasteiger partial charge in [0.2, 0.25) is 0 Å². The van der Waals surface area contributed by atoms with Crippen molar-refractivity contribution in [3.8, 4) is 5.75 Å². The number of hydrogen-bond donors (Lipinski definition) is 1. The molecule has 1 N–H and O–H groups in total. The standard InChI is InChI=1S/C21H16F2N2O2/c1-27-19-9-5-4-8-18(19)25-20(13-10-11-15(22)16(23)12-13)24-17-7-3-2-6-14(17)21(25)26/h2-12,20,24H,1H3/t20-/m1/s1. The van der Waals surface area contributed by atoms with Gasteiger partial charge in [-0.25, -0.2) is 8.78 Å². The van der Waals surface area contributed by atoms with Crippen molar-refractivity contribution in [2.45, 2.75) is 6.17 Å². The summed E-state index contributed by atoms with van der Waals surface area (Å²) in [5.74, 6) is -1.67. The van der Waals surface area contributed by atoms with E-state index >= 15 is 0 Å². The summed E-state index contributed by atoms with van der Waals surface area (Å²) in [4.78, 5) is 14.8. The van der Waals surface area contributed by atoms with E-state index in [0.717, 1.165) is 12.1 Å². The van der Waals surface area contributed by atoms with Crippen molar-refractivity contribution in [2.75, 3.05) is 17.3 Å². The number of methoxy groups -OCH3 is 1. The molecule has 0 aliphatic carbocycles. The Kier molecular flexibility index (Phi) is 4.24. The Hall–Kier alpha value is -3.41. The fourth-order valence-electron chi connectivity index (χ4n) is 3.25. The molecule has 6 heteroatoms. The monoisotopic (exact) mass is 366 g/mol. The third-order valence-corrected chi connectivity index (χ3v) is 4.53. The van der Waals surface area contributed by atoms with Crippen molar-refractivity contribution in [3.63, 3.8) is 0 Å². The van der Waals surface area contributed by atoms with Gasteiger partial charge in [-0.05, 0) is 42.0 Å². The molecule has 1 atom stereocenters. The third kappa shape index (κ3) is 2.89. The van der Waals surface area contributed by atoms with Crippen molar-refractivity contribution in [2.24, 2.45) is 0 Å². The lowest BCUT2D eigenvalue weighted by molar-refractivity contribution is 0.0974. The number of carbonyl (C=O) groups excluding carboxylic acids is 1. The maximum absolute atomic E-state index is 13.9. The molecule has 0 spiro atoms. The average molecular weight is 366 g/mol. The Morgan fingerprint density at radius 3 is 2.48 bits per heavy atom. The van der Waals surface area contributed by atoms with Crippen LogP contribution in [-0.4, -0.2) is 13.0 Å². The number of halogens is 2. The van der Waals surface area contributed by atoms with Crippen LogP contribution < -0.4 is 15.0 Å². The van der Waals surface area contributed by atoms with Gasteiger partial charge in [0.25, 0.3) is 5.91 Å². The molecule has 0 bridgehead atoms. The van der Waals surface area contributed by atoms with E-state index in [-0.39, 0.29) is 5.91 Å². The number of ether oxygens (including phenoxy) is 1. The molecule has 0 aromatic heterocycles. The van der Waals surface area contributed by atoms with Gasteiger partial charge in [0.15, 0.2) is 11.6 Å². The first-order valence-electron chi connectivity index (χ1n) is 8.37. The van der Waals surface area contributed by atoms with Crippen LogP contribution in [0.15, 0.2) is 66.7 Å². The molecule has 0 saturated carbocycles. The molecule has 0 saturated heterocycles. The number of rotatable bonds is 3. The first kappa shape index (κ1) is 17.0. The zero-order chi connectivity index (χ0) is 19.0. The SMILES string of the molecule is COc1ccccc1N1C(=O)c2ccccc2N[C@H]1c1ccc(F)c(F)c1. The Morgan fingerprint density at radius 2 is 1.70 bits per heavy atom. The van der Waals surface area contributed by atoms with E-state index in [1.54, 1.807) is 48.5 Å². The summed E-state index contributed by atoms with van der Waals surface area (Å²) in [5, 5.41) is 3.25. The van der Waals surface area contributed by atoms with E-state index < -0.39 is 17.8 Å². The van der Waals surface area contributed by atoms with Crippen LogP contribution in [0.3, 0.4) is 0 Å². The molecule has 3 aromatic rings. The third-order valence-electron chi connectivity index (χ3n) is 4.53.